The zero-order valence-corrected chi connectivity index (χ0v) is 25.7. The van der Waals surface area contributed by atoms with Crippen molar-refractivity contribution in [1.82, 2.24) is 14.5 Å². The van der Waals surface area contributed by atoms with Crippen LogP contribution in [0.25, 0.3) is 0 Å². The quantitative estimate of drug-likeness (QED) is 0.251. The molecule has 4 rings (SSSR count). The number of methoxy groups -OCH3 is 1. The van der Waals surface area contributed by atoms with Crippen LogP contribution < -0.4 is 9.46 Å². The summed E-state index contributed by atoms with van der Waals surface area (Å²) in [5.74, 6) is 0.576. The summed E-state index contributed by atoms with van der Waals surface area (Å²) >= 11 is 6.37. The first kappa shape index (κ1) is 31.5. The van der Waals surface area contributed by atoms with Gasteiger partial charge in [0.25, 0.3) is 0 Å². The zero-order valence-electron chi connectivity index (χ0n) is 24.1. The molecule has 1 atom stereocenters. The van der Waals surface area contributed by atoms with Crippen LogP contribution in [0.3, 0.4) is 0 Å². The summed E-state index contributed by atoms with van der Waals surface area (Å²) < 4.78 is 39.3. The van der Waals surface area contributed by atoms with Gasteiger partial charge in [0.2, 0.25) is 15.9 Å². The van der Waals surface area contributed by atoms with E-state index in [0.717, 1.165) is 42.7 Å². The Morgan fingerprint density at radius 1 is 1.10 bits per heavy atom. The van der Waals surface area contributed by atoms with Gasteiger partial charge < -0.3 is 14.4 Å². The van der Waals surface area contributed by atoms with E-state index in [1.165, 1.54) is 19.3 Å². The van der Waals surface area contributed by atoms with Gasteiger partial charge in [0, 0.05) is 49.4 Å². The van der Waals surface area contributed by atoms with Crippen LogP contribution in [-0.4, -0.2) is 76.7 Å². The van der Waals surface area contributed by atoms with Gasteiger partial charge in [-0.1, -0.05) is 37.1 Å². The van der Waals surface area contributed by atoms with Crippen molar-refractivity contribution in [2.45, 2.75) is 62.9 Å². The van der Waals surface area contributed by atoms with E-state index in [-0.39, 0.29) is 16.8 Å². The molecule has 0 saturated carbocycles. The summed E-state index contributed by atoms with van der Waals surface area (Å²) in [6, 6.07) is 10.6. The molecule has 10 heteroatoms. The SMILES string of the molecule is CCCNS(=O)(=O)c1ccc2c(c1)CC(N(Cc1cc(Cl)ccc1OCCOC)C(=O)/C=C/CN1CCCCC1)C2. The van der Waals surface area contributed by atoms with E-state index in [4.69, 9.17) is 21.1 Å². The van der Waals surface area contributed by atoms with Crippen molar-refractivity contribution in [1.29, 1.82) is 0 Å². The van der Waals surface area contributed by atoms with Gasteiger partial charge in [-0.05, 0) is 86.7 Å². The number of nitrogens with one attached hydrogen (secondary N) is 1. The highest BCUT2D eigenvalue weighted by molar-refractivity contribution is 7.89. The van der Waals surface area contributed by atoms with Crippen LogP contribution in [0.15, 0.2) is 53.4 Å². The molecule has 1 heterocycles. The van der Waals surface area contributed by atoms with Gasteiger partial charge in [0.15, 0.2) is 0 Å². The first-order valence-electron chi connectivity index (χ1n) is 14.5. The molecule has 224 valence electrons. The fourth-order valence-corrected chi connectivity index (χ4v) is 6.82. The molecule has 1 N–H and O–H groups in total. The average molecular weight is 604 g/mol. The van der Waals surface area contributed by atoms with Crippen molar-refractivity contribution in [3.05, 3.63) is 70.3 Å². The second-order valence-corrected chi connectivity index (χ2v) is 12.9. The molecular formula is C31H42ClN3O5S. The number of piperidine rings is 1. The highest BCUT2D eigenvalue weighted by Gasteiger charge is 2.31. The van der Waals surface area contributed by atoms with Gasteiger partial charge in [-0.25, -0.2) is 13.1 Å². The molecule has 1 amide bonds. The molecule has 2 aliphatic rings. The standard InChI is InChI=1S/C31H42ClN3O5S/c1-3-13-33-41(37,38)29-11-9-24-20-28(21-25(24)22-29)35(31(36)8-7-16-34-14-5-4-6-15-34)23-26-19-27(32)10-12-30(26)40-18-17-39-2/h7-12,19,22,28,33H,3-6,13-18,20-21,23H2,1-2H3/b8-7+. The zero-order chi connectivity index (χ0) is 29.2. The van der Waals surface area contributed by atoms with Crippen molar-refractivity contribution < 1.29 is 22.7 Å². The lowest BCUT2D eigenvalue weighted by atomic mass is 10.1. The van der Waals surface area contributed by atoms with Crippen LogP contribution in [-0.2, 0) is 38.9 Å². The van der Waals surface area contributed by atoms with Crippen molar-refractivity contribution in [3.63, 3.8) is 0 Å². The second kappa shape index (κ2) is 15.2. The van der Waals surface area contributed by atoms with Crippen LogP contribution in [0.5, 0.6) is 5.75 Å². The van der Waals surface area contributed by atoms with E-state index in [1.807, 2.05) is 36.1 Å². The maximum absolute atomic E-state index is 13.7. The fourth-order valence-electron chi connectivity index (χ4n) is 5.44. The van der Waals surface area contributed by atoms with Gasteiger partial charge in [-0.15, -0.1) is 0 Å². The molecule has 0 radical (unpaired) electrons. The van der Waals surface area contributed by atoms with Gasteiger partial charge in [-0.3, -0.25) is 9.69 Å². The molecule has 1 aliphatic carbocycles. The van der Waals surface area contributed by atoms with Gasteiger partial charge in [-0.2, -0.15) is 0 Å². The largest absolute Gasteiger partial charge is 0.491 e. The monoisotopic (exact) mass is 603 g/mol. The van der Waals surface area contributed by atoms with Gasteiger partial charge in [0.1, 0.15) is 12.4 Å². The number of halogens is 1. The van der Waals surface area contributed by atoms with Crippen LogP contribution in [0.2, 0.25) is 5.02 Å². The third-order valence-corrected chi connectivity index (χ3v) is 9.34. The number of fused-ring (bicyclic) bond motifs is 1. The highest BCUT2D eigenvalue weighted by atomic mass is 35.5. The lowest BCUT2D eigenvalue weighted by Gasteiger charge is -2.29. The lowest BCUT2D eigenvalue weighted by Crippen LogP contribution is -2.39. The predicted molar refractivity (Wildman–Crippen MR) is 162 cm³/mol. The minimum atomic E-state index is -3.58. The number of amides is 1. The Morgan fingerprint density at radius 2 is 1.88 bits per heavy atom. The molecule has 1 unspecified atom stereocenters. The molecule has 41 heavy (non-hydrogen) atoms. The number of ether oxygens (including phenoxy) is 2. The molecule has 1 saturated heterocycles. The second-order valence-electron chi connectivity index (χ2n) is 10.7. The summed E-state index contributed by atoms with van der Waals surface area (Å²) in [6.07, 6.45) is 9.22. The number of benzene rings is 2. The molecule has 2 aromatic carbocycles. The van der Waals surface area contributed by atoms with Gasteiger partial charge in [0.05, 0.1) is 11.5 Å². The summed E-state index contributed by atoms with van der Waals surface area (Å²) in [5.41, 5.74) is 2.82. The van der Waals surface area contributed by atoms with Crippen molar-refractivity contribution in [2.75, 3.05) is 46.5 Å². The van der Waals surface area contributed by atoms with Crippen LogP contribution in [0.1, 0.15) is 49.3 Å². The van der Waals surface area contributed by atoms with E-state index in [0.29, 0.717) is 49.9 Å². The Morgan fingerprint density at radius 3 is 2.63 bits per heavy atom. The molecule has 1 aliphatic heterocycles. The van der Waals surface area contributed by atoms with Gasteiger partial charge >= 0.3 is 0 Å². The Hall–Kier alpha value is -2.43. The first-order valence-corrected chi connectivity index (χ1v) is 16.4. The van der Waals surface area contributed by atoms with Crippen molar-refractivity contribution in [2.24, 2.45) is 0 Å². The van der Waals surface area contributed by atoms with E-state index < -0.39 is 10.0 Å². The van der Waals surface area contributed by atoms with E-state index in [1.54, 1.807) is 31.4 Å². The van der Waals surface area contributed by atoms with Crippen molar-refractivity contribution in [3.8, 4) is 5.75 Å². The molecule has 8 nitrogen and oxygen atoms in total. The van der Waals surface area contributed by atoms with E-state index in [9.17, 15) is 13.2 Å². The summed E-state index contributed by atoms with van der Waals surface area (Å²) in [5, 5.41) is 0.566. The van der Waals surface area contributed by atoms with Crippen LogP contribution in [0, 0.1) is 0 Å². The average Bonchev–Trinajstić information content (AvgIpc) is 3.39. The Kier molecular flexibility index (Phi) is 11.6. The summed E-state index contributed by atoms with van der Waals surface area (Å²) in [4.78, 5) is 18.2. The molecule has 0 bridgehead atoms. The molecule has 2 aromatic rings. The number of likely N-dealkylation sites (tertiary alicyclic amines) is 1. The smallest absolute Gasteiger partial charge is 0.246 e. The highest BCUT2D eigenvalue weighted by Crippen LogP contribution is 2.31. The summed E-state index contributed by atoms with van der Waals surface area (Å²) in [6.45, 7) is 6.33. The molecule has 0 spiro atoms. The van der Waals surface area contributed by atoms with Crippen LogP contribution in [0.4, 0.5) is 0 Å². The fraction of sp³-hybridized carbons (Fsp3) is 0.516. The Balaban J connectivity index is 1.57. The number of sulfonamides is 1. The molecular weight excluding hydrogens is 562 g/mol. The van der Waals surface area contributed by atoms with Crippen LogP contribution >= 0.6 is 11.6 Å². The van der Waals surface area contributed by atoms with E-state index >= 15 is 0 Å². The number of carbonyl (C=O) groups excluding carboxylic acids is 1. The maximum atomic E-state index is 13.7. The summed E-state index contributed by atoms with van der Waals surface area (Å²) in [7, 11) is -1.96. The normalized spacial score (nSPS) is 17.6. The number of rotatable bonds is 14. The molecule has 0 aromatic heterocycles. The number of nitrogens with zero attached hydrogens (tertiary/aromatic N) is 2. The maximum Gasteiger partial charge on any atom is 0.246 e. The minimum Gasteiger partial charge on any atom is -0.491 e. The number of carbonyl (C=O) groups is 1. The first-order chi connectivity index (χ1) is 19.8. The van der Waals surface area contributed by atoms with E-state index in [2.05, 4.69) is 9.62 Å². The Labute approximate surface area is 249 Å². The predicted octanol–water partition coefficient (Wildman–Crippen LogP) is 4.59. The topological polar surface area (TPSA) is 88.2 Å². The molecule has 1 fully saturated rings. The van der Waals surface area contributed by atoms with Crippen molar-refractivity contribution >= 4 is 27.5 Å². The lowest BCUT2D eigenvalue weighted by molar-refractivity contribution is -0.128. The minimum absolute atomic E-state index is 0.0832. The Bertz CT molecular complexity index is 1310. The third-order valence-electron chi connectivity index (χ3n) is 7.65. The number of hydrogen-bond donors (Lipinski definition) is 1. The third kappa shape index (κ3) is 8.78. The number of hydrogen-bond acceptors (Lipinski definition) is 6.